The zero-order valence-corrected chi connectivity index (χ0v) is 19.2. The quantitative estimate of drug-likeness (QED) is 0.237. The molecule has 190 valence electrons. The number of nitrogens with one attached hydrogen (secondary N) is 2. The normalized spacial score (nSPS) is 12.1. The van der Waals surface area contributed by atoms with Gasteiger partial charge in [0.25, 0.3) is 0 Å². The zero-order valence-electron chi connectivity index (χ0n) is 19.2. The van der Waals surface area contributed by atoms with Crippen LogP contribution in [0.4, 0.5) is 27.6 Å². The number of benzene rings is 2. The fraction of sp³-hybridized carbons (Fsp3) is 0.120. The topological polar surface area (TPSA) is 88.6 Å². The van der Waals surface area contributed by atoms with Gasteiger partial charge in [-0.1, -0.05) is 12.1 Å². The van der Waals surface area contributed by atoms with Crippen molar-refractivity contribution in [2.24, 2.45) is 0 Å². The number of halogens is 5. The predicted molar refractivity (Wildman–Crippen MR) is 129 cm³/mol. The van der Waals surface area contributed by atoms with E-state index in [1.165, 1.54) is 47.5 Å². The van der Waals surface area contributed by atoms with E-state index in [9.17, 15) is 26.7 Å². The van der Waals surface area contributed by atoms with Crippen LogP contribution in [0.2, 0.25) is 0 Å². The highest BCUT2D eigenvalue weighted by molar-refractivity contribution is 5.87. The van der Waals surface area contributed by atoms with Crippen LogP contribution in [0.5, 0.6) is 0 Å². The van der Waals surface area contributed by atoms with Crippen LogP contribution >= 0.6 is 0 Å². The molecule has 0 amide bonds. The maximum Gasteiger partial charge on any atom is 0.416 e. The molecule has 0 unspecified atom stereocenters. The Labute approximate surface area is 207 Å². The number of aryl methyl sites for hydroxylation is 1. The first-order valence-corrected chi connectivity index (χ1v) is 10.8. The summed E-state index contributed by atoms with van der Waals surface area (Å²) in [5.41, 5.74) is 0.983. The molecule has 2 aromatic heterocycles. The largest absolute Gasteiger partial charge is 0.416 e. The van der Waals surface area contributed by atoms with E-state index in [-0.39, 0.29) is 17.1 Å². The van der Waals surface area contributed by atoms with Gasteiger partial charge in [-0.25, -0.2) is 9.36 Å². The average Bonchev–Trinajstić information content (AvgIpc) is 3.35. The first kappa shape index (κ1) is 25.5. The van der Waals surface area contributed by atoms with Crippen LogP contribution in [0.25, 0.3) is 22.5 Å². The molecule has 0 fully saturated rings. The van der Waals surface area contributed by atoms with E-state index in [2.05, 4.69) is 15.5 Å². The summed E-state index contributed by atoms with van der Waals surface area (Å²) in [5.74, 6) is 0. The number of alkyl halides is 5. The third-order valence-corrected chi connectivity index (χ3v) is 5.36. The number of allylic oxidation sites excluding steroid dienone is 1. The molecule has 4 aromatic rings. The molecule has 0 saturated heterocycles. The van der Waals surface area contributed by atoms with Crippen LogP contribution in [-0.4, -0.2) is 25.8 Å². The van der Waals surface area contributed by atoms with Crippen molar-refractivity contribution in [1.29, 1.82) is 5.41 Å². The predicted octanol–water partition coefficient (Wildman–Crippen LogP) is 5.92. The Morgan fingerprint density at radius 1 is 1.11 bits per heavy atom. The summed E-state index contributed by atoms with van der Waals surface area (Å²) in [7, 11) is 0. The summed E-state index contributed by atoms with van der Waals surface area (Å²) in [6.07, 6.45) is 1.52. The van der Waals surface area contributed by atoms with E-state index in [1.54, 1.807) is 25.1 Å². The SMILES string of the molecule is Cc1cc(-c2cnn(C(F)F)c2)ccc1-n1ccc(=O)c(/C(=C/C=N)Nc2cccc(C(F)(F)F)c2)n1. The Morgan fingerprint density at radius 3 is 2.54 bits per heavy atom. The molecule has 0 atom stereocenters. The standard InChI is InChI=1S/C25H19F5N6O/c1-15-11-16(17-13-32-36(14-17)24(26)27)5-6-21(15)35-10-8-22(37)23(34-35)20(7-9-31)33-19-4-2-3-18(12-19)25(28,29)30/h2-14,24,31,33H,1H3/b20-7-,31-9?. The van der Waals surface area contributed by atoms with Gasteiger partial charge in [-0.2, -0.15) is 32.1 Å². The highest BCUT2D eigenvalue weighted by Crippen LogP contribution is 2.31. The molecule has 0 aliphatic carbocycles. The Bertz CT molecular complexity index is 1540. The summed E-state index contributed by atoms with van der Waals surface area (Å²) < 4.78 is 67.0. The lowest BCUT2D eigenvalue weighted by Crippen LogP contribution is -2.19. The summed E-state index contributed by atoms with van der Waals surface area (Å²) in [5, 5.41) is 18.2. The molecule has 0 spiro atoms. The molecule has 0 aliphatic rings. The minimum atomic E-state index is -4.55. The molecule has 0 radical (unpaired) electrons. The average molecular weight is 514 g/mol. The monoisotopic (exact) mass is 514 g/mol. The summed E-state index contributed by atoms with van der Waals surface area (Å²) >= 11 is 0. The van der Waals surface area contributed by atoms with Gasteiger partial charge in [0, 0.05) is 35.9 Å². The van der Waals surface area contributed by atoms with Gasteiger partial charge < -0.3 is 10.7 Å². The molecule has 0 aliphatic heterocycles. The number of nitrogens with zero attached hydrogens (tertiary/aromatic N) is 4. The molecular weight excluding hydrogens is 495 g/mol. The summed E-state index contributed by atoms with van der Waals surface area (Å²) in [6.45, 7) is -0.990. The zero-order chi connectivity index (χ0) is 26.7. The molecule has 0 saturated carbocycles. The van der Waals surface area contributed by atoms with E-state index < -0.39 is 23.7 Å². The molecular formula is C25H19F5N6O. The van der Waals surface area contributed by atoms with Crippen molar-refractivity contribution in [3.8, 4) is 16.8 Å². The Kier molecular flexibility index (Phi) is 7.00. The van der Waals surface area contributed by atoms with Gasteiger partial charge in [0.1, 0.15) is 0 Å². The maximum absolute atomic E-state index is 13.1. The van der Waals surface area contributed by atoms with Gasteiger partial charge in [0.15, 0.2) is 5.69 Å². The molecule has 2 aromatic carbocycles. The maximum atomic E-state index is 13.1. The molecule has 4 rings (SSSR count). The number of hydrogen-bond acceptors (Lipinski definition) is 5. The van der Waals surface area contributed by atoms with Crippen LogP contribution in [0, 0.1) is 12.3 Å². The molecule has 0 bridgehead atoms. The fourth-order valence-corrected chi connectivity index (χ4v) is 3.61. The van der Waals surface area contributed by atoms with Crippen molar-refractivity contribution in [2.75, 3.05) is 5.32 Å². The lowest BCUT2D eigenvalue weighted by atomic mass is 10.1. The number of anilines is 1. The van der Waals surface area contributed by atoms with Crippen molar-refractivity contribution in [2.45, 2.75) is 19.6 Å². The third-order valence-electron chi connectivity index (χ3n) is 5.36. The van der Waals surface area contributed by atoms with Crippen molar-refractivity contribution < 1.29 is 22.0 Å². The van der Waals surface area contributed by atoms with Gasteiger partial charge in [0.05, 0.1) is 23.1 Å². The number of hydrogen-bond donors (Lipinski definition) is 2. The van der Waals surface area contributed by atoms with Crippen molar-refractivity contribution >= 4 is 17.6 Å². The fourth-order valence-electron chi connectivity index (χ4n) is 3.61. The van der Waals surface area contributed by atoms with Crippen molar-refractivity contribution in [3.05, 3.63) is 100 Å². The van der Waals surface area contributed by atoms with E-state index in [1.807, 2.05) is 0 Å². The highest BCUT2D eigenvalue weighted by atomic mass is 19.4. The van der Waals surface area contributed by atoms with Crippen LogP contribution < -0.4 is 10.7 Å². The number of rotatable bonds is 7. The van der Waals surface area contributed by atoms with Crippen molar-refractivity contribution in [3.63, 3.8) is 0 Å². The second kappa shape index (κ2) is 10.2. The molecule has 12 heteroatoms. The Hall–Kier alpha value is -4.61. The van der Waals surface area contributed by atoms with E-state index in [0.717, 1.165) is 18.3 Å². The lowest BCUT2D eigenvalue weighted by Gasteiger charge is -2.15. The van der Waals surface area contributed by atoms with Crippen molar-refractivity contribution in [1.82, 2.24) is 19.6 Å². The van der Waals surface area contributed by atoms with Crippen LogP contribution in [0.1, 0.15) is 23.4 Å². The molecule has 2 N–H and O–H groups in total. The first-order valence-electron chi connectivity index (χ1n) is 10.8. The summed E-state index contributed by atoms with van der Waals surface area (Å²) in [6, 6.07) is 10.8. The Balaban J connectivity index is 1.69. The minimum absolute atomic E-state index is 0.0300. The minimum Gasteiger partial charge on any atom is -0.354 e. The molecule has 2 heterocycles. The van der Waals surface area contributed by atoms with E-state index >= 15 is 0 Å². The van der Waals surface area contributed by atoms with E-state index in [4.69, 9.17) is 5.41 Å². The van der Waals surface area contributed by atoms with E-state index in [0.29, 0.717) is 27.1 Å². The smallest absolute Gasteiger partial charge is 0.354 e. The molecule has 7 nitrogen and oxygen atoms in total. The lowest BCUT2D eigenvalue weighted by molar-refractivity contribution is -0.137. The second-order valence-corrected chi connectivity index (χ2v) is 7.91. The van der Waals surface area contributed by atoms with Gasteiger partial charge in [0.2, 0.25) is 5.43 Å². The van der Waals surface area contributed by atoms with Gasteiger partial charge in [-0.15, -0.1) is 0 Å². The van der Waals surface area contributed by atoms with Gasteiger partial charge in [-0.05, 0) is 54.5 Å². The van der Waals surface area contributed by atoms with Gasteiger partial charge >= 0.3 is 12.7 Å². The van der Waals surface area contributed by atoms with Crippen LogP contribution in [0.3, 0.4) is 0 Å². The van der Waals surface area contributed by atoms with Crippen LogP contribution in [-0.2, 0) is 6.18 Å². The van der Waals surface area contributed by atoms with Gasteiger partial charge in [-0.3, -0.25) is 4.79 Å². The first-order chi connectivity index (χ1) is 17.6. The second-order valence-electron chi connectivity index (χ2n) is 7.91. The number of aromatic nitrogens is 4. The highest BCUT2D eigenvalue weighted by Gasteiger charge is 2.30. The summed E-state index contributed by atoms with van der Waals surface area (Å²) in [4.78, 5) is 12.6. The third kappa shape index (κ3) is 5.63. The molecule has 37 heavy (non-hydrogen) atoms. The van der Waals surface area contributed by atoms with Crippen LogP contribution in [0.15, 0.2) is 78.0 Å². The Morgan fingerprint density at radius 2 is 1.89 bits per heavy atom.